The average molecular weight is 235 g/mol. The molecule has 1 atom stereocenters. The van der Waals surface area contributed by atoms with Gasteiger partial charge in [-0.3, -0.25) is 4.79 Å². The molecule has 0 bridgehead atoms. The number of amides is 1. The van der Waals surface area contributed by atoms with E-state index in [-0.39, 0.29) is 11.7 Å². The van der Waals surface area contributed by atoms with Gasteiger partial charge in [0.05, 0.1) is 5.92 Å². The van der Waals surface area contributed by atoms with Crippen LogP contribution in [0.1, 0.15) is 18.9 Å². The molecule has 1 aromatic rings. The normalized spacial score (nSPS) is 13.2. The van der Waals surface area contributed by atoms with E-state index in [2.05, 4.69) is 10.5 Å². The lowest BCUT2D eigenvalue weighted by Gasteiger charge is -2.13. The van der Waals surface area contributed by atoms with Gasteiger partial charge in [0, 0.05) is 5.69 Å². The summed E-state index contributed by atoms with van der Waals surface area (Å²) in [5, 5.41) is 14.2. The molecular weight excluding hydrogens is 218 g/mol. The second-order valence-corrected chi connectivity index (χ2v) is 3.84. The Labute approximate surface area is 100 Å². The van der Waals surface area contributed by atoms with Crippen molar-refractivity contribution in [1.29, 1.82) is 0 Å². The van der Waals surface area contributed by atoms with E-state index < -0.39 is 5.92 Å². The van der Waals surface area contributed by atoms with E-state index in [0.717, 1.165) is 5.56 Å². The molecule has 4 N–H and O–H groups in total. The number of amidine groups is 1. The fourth-order valence-corrected chi connectivity index (χ4v) is 1.46. The monoisotopic (exact) mass is 235 g/mol. The third-order valence-corrected chi connectivity index (χ3v) is 2.52. The summed E-state index contributed by atoms with van der Waals surface area (Å²) in [6.07, 6.45) is 0.480. The van der Waals surface area contributed by atoms with E-state index in [1.54, 1.807) is 6.92 Å². The molecule has 5 nitrogen and oxygen atoms in total. The zero-order valence-electron chi connectivity index (χ0n) is 9.97. The van der Waals surface area contributed by atoms with Gasteiger partial charge in [-0.2, -0.15) is 0 Å². The highest BCUT2D eigenvalue weighted by molar-refractivity contribution is 6.07. The molecule has 17 heavy (non-hydrogen) atoms. The maximum atomic E-state index is 11.8. The Morgan fingerprint density at radius 3 is 2.53 bits per heavy atom. The van der Waals surface area contributed by atoms with Crippen LogP contribution in [0.15, 0.2) is 29.4 Å². The highest BCUT2D eigenvalue weighted by Gasteiger charge is 2.21. The minimum Gasteiger partial charge on any atom is -0.409 e. The molecule has 1 unspecified atom stereocenters. The van der Waals surface area contributed by atoms with Crippen LogP contribution in [0.4, 0.5) is 5.69 Å². The number of carbonyl (C=O) groups is 1. The molecule has 0 aliphatic carbocycles. The Morgan fingerprint density at radius 2 is 2.06 bits per heavy atom. The molecule has 1 aromatic carbocycles. The van der Waals surface area contributed by atoms with Gasteiger partial charge in [0.15, 0.2) is 5.84 Å². The van der Waals surface area contributed by atoms with Gasteiger partial charge in [0.25, 0.3) is 0 Å². The largest absolute Gasteiger partial charge is 0.409 e. The van der Waals surface area contributed by atoms with Gasteiger partial charge in [-0.1, -0.05) is 29.8 Å². The van der Waals surface area contributed by atoms with Crippen LogP contribution in [0.25, 0.3) is 0 Å². The maximum absolute atomic E-state index is 11.8. The van der Waals surface area contributed by atoms with Crippen LogP contribution in [0, 0.1) is 12.8 Å². The van der Waals surface area contributed by atoms with E-state index >= 15 is 0 Å². The van der Waals surface area contributed by atoms with Gasteiger partial charge in [-0.25, -0.2) is 0 Å². The van der Waals surface area contributed by atoms with Crippen molar-refractivity contribution in [2.75, 3.05) is 5.32 Å². The number of nitrogens with one attached hydrogen (secondary N) is 1. The Bertz CT molecular complexity index is 412. The molecule has 0 fully saturated rings. The van der Waals surface area contributed by atoms with Crippen LogP contribution < -0.4 is 11.1 Å². The number of oxime groups is 1. The first-order valence-electron chi connectivity index (χ1n) is 5.43. The van der Waals surface area contributed by atoms with Crippen molar-refractivity contribution in [2.45, 2.75) is 20.3 Å². The summed E-state index contributed by atoms with van der Waals surface area (Å²) < 4.78 is 0. The van der Waals surface area contributed by atoms with E-state index in [9.17, 15) is 4.79 Å². The van der Waals surface area contributed by atoms with Crippen molar-refractivity contribution < 1.29 is 10.0 Å². The summed E-state index contributed by atoms with van der Waals surface area (Å²) in [4.78, 5) is 11.8. The highest BCUT2D eigenvalue weighted by Crippen LogP contribution is 2.12. The fraction of sp³-hybridized carbons (Fsp3) is 0.333. The van der Waals surface area contributed by atoms with Crippen molar-refractivity contribution in [3.63, 3.8) is 0 Å². The van der Waals surface area contributed by atoms with Gasteiger partial charge in [0.2, 0.25) is 5.91 Å². The Hall–Kier alpha value is -2.04. The topological polar surface area (TPSA) is 87.7 Å². The van der Waals surface area contributed by atoms with Gasteiger partial charge >= 0.3 is 0 Å². The van der Waals surface area contributed by atoms with Gasteiger partial charge < -0.3 is 16.3 Å². The SMILES string of the molecule is CCC(C(=O)Nc1ccc(C)cc1)C(N)=NO. The van der Waals surface area contributed by atoms with E-state index in [1.807, 2.05) is 31.2 Å². The second kappa shape index (κ2) is 5.89. The molecule has 0 radical (unpaired) electrons. The number of hydrogen-bond donors (Lipinski definition) is 3. The first kappa shape index (κ1) is 13.0. The molecule has 0 aliphatic heterocycles. The van der Waals surface area contributed by atoms with Crippen molar-refractivity contribution >= 4 is 17.4 Å². The number of rotatable bonds is 4. The van der Waals surface area contributed by atoms with Crippen molar-refractivity contribution in [1.82, 2.24) is 0 Å². The highest BCUT2D eigenvalue weighted by atomic mass is 16.4. The number of nitrogens with zero attached hydrogens (tertiary/aromatic N) is 1. The molecule has 1 rings (SSSR count). The Morgan fingerprint density at radius 1 is 1.47 bits per heavy atom. The predicted molar refractivity (Wildman–Crippen MR) is 67.0 cm³/mol. The summed E-state index contributed by atoms with van der Waals surface area (Å²) in [6.45, 7) is 3.77. The molecule has 5 heteroatoms. The molecule has 0 aromatic heterocycles. The number of anilines is 1. The van der Waals surface area contributed by atoms with Gasteiger partial charge in [-0.05, 0) is 25.5 Å². The molecule has 1 amide bonds. The Kier molecular flexibility index (Phi) is 4.51. The minimum atomic E-state index is -0.610. The van der Waals surface area contributed by atoms with Crippen LogP contribution in [0.3, 0.4) is 0 Å². The lowest BCUT2D eigenvalue weighted by atomic mass is 10.0. The van der Waals surface area contributed by atoms with Crippen LogP contribution in [-0.2, 0) is 4.79 Å². The first-order chi connectivity index (χ1) is 8.08. The number of nitrogens with two attached hydrogens (primary N) is 1. The quantitative estimate of drug-likeness (QED) is 0.321. The molecule has 0 saturated carbocycles. The predicted octanol–water partition coefficient (Wildman–Crippen LogP) is 1.71. The maximum Gasteiger partial charge on any atom is 0.235 e. The smallest absolute Gasteiger partial charge is 0.235 e. The van der Waals surface area contributed by atoms with Crippen molar-refractivity contribution in [2.24, 2.45) is 16.8 Å². The second-order valence-electron chi connectivity index (χ2n) is 3.84. The zero-order valence-corrected chi connectivity index (χ0v) is 9.97. The fourth-order valence-electron chi connectivity index (χ4n) is 1.46. The van der Waals surface area contributed by atoms with Crippen molar-refractivity contribution in [3.8, 4) is 0 Å². The van der Waals surface area contributed by atoms with E-state index in [4.69, 9.17) is 10.9 Å². The standard InChI is InChI=1S/C12H17N3O2/c1-3-10(11(13)15-17)12(16)14-9-6-4-8(2)5-7-9/h4-7,10,17H,3H2,1-2H3,(H2,13,15)(H,14,16). The molecule has 0 saturated heterocycles. The molecule has 0 spiro atoms. The van der Waals surface area contributed by atoms with Crippen LogP contribution in [0.2, 0.25) is 0 Å². The van der Waals surface area contributed by atoms with Crippen LogP contribution in [0.5, 0.6) is 0 Å². The van der Waals surface area contributed by atoms with Crippen LogP contribution in [-0.4, -0.2) is 17.0 Å². The average Bonchev–Trinajstić information content (AvgIpc) is 2.32. The summed E-state index contributed by atoms with van der Waals surface area (Å²) in [7, 11) is 0. The van der Waals surface area contributed by atoms with Crippen molar-refractivity contribution in [3.05, 3.63) is 29.8 Å². The molecular formula is C12H17N3O2. The lowest BCUT2D eigenvalue weighted by molar-refractivity contribution is -0.118. The summed E-state index contributed by atoms with van der Waals surface area (Å²) in [6, 6.07) is 7.43. The van der Waals surface area contributed by atoms with E-state index in [0.29, 0.717) is 12.1 Å². The number of benzene rings is 1. The van der Waals surface area contributed by atoms with E-state index in [1.165, 1.54) is 0 Å². The third-order valence-electron chi connectivity index (χ3n) is 2.52. The number of aryl methyl sites for hydroxylation is 1. The molecule has 0 heterocycles. The summed E-state index contributed by atoms with van der Waals surface area (Å²) in [5.74, 6) is -0.954. The number of hydrogen-bond acceptors (Lipinski definition) is 3. The first-order valence-corrected chi connectivity index (χ1v) is 5.43. The van der Waals surface area contributed by atoms with Gasteiger partial charge in [0.1, 0.15) is 0 Å². The third kappa shape index (κ3) is 3.48. The Balaban J connectivity index is 2.74. The summed E-state index contributed by atoms with van der Waals surface area (Å²) >= 11 is 0. The summed E-state index contributed by atoms with van der Waals surface area (Å²) in [5.41, 5.74) is 7.26. The molecule has 0 aliphatic rings. The minimum absolute atomic E-state index is 0.0721. The van der Waals surface area contributed by atoms with Gasteiger partial charge in [-0.15, -0.1) is 0 Å². The lowest BCUT2D eigenvalue weighted by Crippen LogP contribution is -2.34. The number of carbonyl (C=O) groups excluding carboxylic acids is 1. The molecule has 92 valence electrons. The van der Waals surface area contributed by atoms with Crippen LogP contribution >= 0.6 is 0 Å². The zero-order chi connectivity index (χ0) is 12.8.